The van der Waals surface area contributed by atoms with Gasteiger partial charge in [-0.15, -0.1) is 0 Å². The van der Waals surface area contributed by atoms with Gasteiger partial charge in [-0.1, -0.05) is 36.4 Å². The van der Waals surface area contributed by atoms with E-state index >= 15 is 0 Å². The fourth-order valence-corrected chi connectivity index (χ4v) is 1.62. The summed E-state index contributed by atoms with van der Waals surface area (Å²) < 4.78 is 0. The molecule has 5 heteroatoms. The zero-order valence-corrected chi connectivity index (χ0v) is 10.5. The van der Waals surface area contributed by atoms with E-state index in [0.29, 0.717) is 5.69 Å². The van der Waals surface area contributed by atoms with Crippen LogP contribution in [0.2, 0.25) is 0 Å². The maximum absolute atomic E-state index is 11.7. The number of hydrogen-bond acceptors (Lipinski definition) is 3. The average molecular weight is 268 g/mol. The van der Waals surface area contributed by atoms with Crippen molar-refractivity contribution in [2.45, 2.75) is 0 Å². The lowest BCUT2D eigenvalue weighted by Gasteiger charge is -2.01. The number of nitrogens with one attached hydrogen (secondary N) is 1. The molecule has 0 aliphatic heterocycles. The smallest absolute Gasteiger partial charge is 0.271 e. The molecule has 0 spiro atoms. The molecule has 20 heavy (non-hydrogen) atoms. The molecule has 0 bridgehead atoms. The van der Waals surface area contributed by atoms with Crippen LogP contribution in [-0.2, 0) is 4.79 Å². The zero-order valence-electron chi connectivity index (χ0n) is 10.5. The van der Waals surface area contributed by atoms with Crippen LogP contribution in [0.1, 0.15) is 5.56 Å². The summed E-state index contributed by atoms with van der Waals surface area (Å²) in [5, 5.41) is 13.2. The lowest BCUT2D eigenvalue weighted by molar-refractivity contribution is -0.384. The van der Waals surface area contributed by atoms with Crippen LogP contribution < -0.4 is 5.32 Å². The molecule has 0 saturated carbocycles. The van der Waals surface area contributed by atoms with E-state index in [1.165, 1.54) is 24.3 Å². The zero-order chi connectivity index (χ0) is 14.4. The molecule has 2 rings (SSSR count). The number of anilines is 1. The maximum Gasteiger partial charge on any atom is 0.271 e. The molecule has 1 N–H and O–H groups in total. The van der Waals surface area contributed by atoms with Crippen molar-refractivity contribution in [3.63, 3.8) is 0 Å². The van der Waals surface area contributed by atoms with Gasteiger partial charge >= 0.3 is 0 Å². The summed E-state index contributed by atoms with van der Waals surface area (Å²) in [7, 11) is 0. The third-order valence-electron chi connectivity index (χ3n) is 2.55. The van der Waals surface area contributed by atoms with Gasteiger partial charge in [0.1, 0.15) is 0 Å². The normalized spacial score (nSPS) is 10.4. The highest BCUT2D eigenvalue weighted by atomic mass is 16.6. The van der Waals surface area contributed by atoms with E-state index in [2.05, 4.69) is 5.32 Å². The number of carbonyl (C=O) groups excluding carboxylic acids is 1. The quantitative estimate of drug-likeness (QED) is 0.525. The summed E-state index contributed by atoms with van der Waals surface area (Å²) >= 11 is 0. The van der Waals surface area contributed by atoms with Crippen molar-refractivity contribution >= 4 is 23.4 Å². The molecule has 5 nitrogen and oxygen atoms in total. The minimum Gasteiger partial charge on any atom is -0.322 e. The Balaban J connectivity index is 2.03. The Morgan fingerprint density at radius 1 is 1.10 bits per heavy atom. The molecule has 100 valence electrons. The molecule has 0 aromatic heterocycles. The minimum absolute atomic E-state index is 0.0603. The van der Waals surface area contributed by atoms with Gasteiger partial charge in [0.05, 0.1) is 4.92 Å². The van der Waals surface area contributed by atoms with E-state index in [1.54, 1.807) is 12.1 Å². The Morgan fingerprint density at radius 3 is 2.55 bits per heavy atom. The first-order valence-corrected chi connectivity index (χ1v) is 5.94. The SMILES string of the molecule is O=C(C=Cc1ccccc1)Nc1cccc([N+](=O)[O-])c1. The summed E-state index contributed by atoms with van der Waals surface area (Å²) in [6.45, 7) is 0. The molecule has 0 aliphatic rings. The summed E-state index contributed by atoms with van der Waals surface area (Å²) in [4.78, 5) is 21.8. The van der Waals surface area contributed by atoms with Crippen molar-refractivity contribution in [3.05, 3.63) is 76.4 Å². The van der Waals surface area contributed by atoms with E-state index in [9.17, 15) is 14.9 Å². The summed E-state index contributed by atoms with van der Waals surface area (Å²) in [6, 6.07) is 15.2. The number of benzene rings is 2. The topological polar surface area (TPSA) is 72.2 Å². The molecule has 0 aliphatic carbocycles. The fraction of sp³-hybridized carbons (Fsp3) is 0. The van der Waals surface area contributed by atoms with E-state index in [0.717, 1.165) is 5.56 Å². The molecule has 0 atom stereocenters. The number of hydrogen-bond donors (Lipinski definition) is 1. The van der Waals surface area contributed by atoms with Crippen LogP contribution in [0.15, 0.2) is 60.7 Å². The Bertz CT molecular complexity index is 651. The first-order chi connectivity index (χ1) is 9.65. The van der Waals surface area contributed by atoms with Crippen LogP contribution >= 0.6 is 0 Å². The molecular weight excluding hydrogens is 256 g/mol. The molecule has 2 aromatic carbocycles. The van der Waals surface area contributed by atoms with Crippen LogP contribution in [0.4, 0.5) is 11.4 Å². The molecule has 2 aromatic rings. The number of nitro benzene ring substituents is 1. The Hall–Kier alpha value is -2.95. The Kier molecular flexibility index (Phi) is 4.24. The number of carbonyl (C=O) groups is 1. The third-order valence-corrected chi connectivity index (χ3v) is 2.55. The minimum atomic E-state index is -0.504. The van der Waals surface area contributed by atoms with E-state index < -0.39 is 4.92 Å². The summed E-state index contributed by atoms with van der Waals surface area (Å²) in [6.07, 6.45) is 3.06. The van der Waals surface area contributed by atoms with Gasteiger partial charge < -0.3 is 5.32 Å². The fourth-order valence-electron chi connectivity index (χ4n) is 1.62. The van der Waals surface area contributed by atoms with Crippen molar-refractivity contribution in [2.75, 3.05) is 5.32 Å². The predicted octanol–water partition coefficient (Wildman–Crippen LogP) is 3.25. The second-order valence-corrected chi connectivity index (χ2v) is 4.04. The monoisotopic (exact) mass is 268 g/mol. The average Bonchev–Trinajstić information content (AvgIpc) is 2.46. The highest BCUT2D eigenvalue weighted by Crippen LogP contribution is 2.17. The van der Waals surface area contributed by atoms with Gasteiger partial charge in [-0.2, -0.15) is 0 Å². The van der Waals surface area contributed by atoms with Crippen LogP contribution in [0.5, 0.6) is 0 Å². The number of non-ortho nitro benzene ring substituents is 1. The van der Waals surface area contributed by atoms with Gasteiger partial charge in [0.15, 0.2) is 0 Å². The predicted molar refractivity (Wildman–Crippen MR) is 77.2 cm³/mol. The second-order valence-electron chi connectivity index (χ2n) is 4.04. The largest absolute Gasteiger partial charge is 0.322 e. The van der Waals surface area contributed by atoms with Crippen LogP contribution in [0.25, 0.3) is 6.08 Å². The standard InChI is InChI=1S/C15H12N2O3/c18-15(10-9-12-5-2-1-3-6-12)16-13-7-4-8-14(11-13)17(19)20/h1-11H,(H,16,18). The van der Waals surface area contributed by atoms with Gasteiger partial charge in [-0.3, -0.25) is 14.9 Å². The lowest BCUT2D eigenvalue weighted by Crippen LogP contribution is -2.07. The van der Waals surface area contributed by atoms with Crippen molar-refractivity contribution < 1.29 is 9.72 Å². The van der Waals surface area contributed by atoms with Crippen molar-refractivity contribution in [1.29, 1.82) is 0 Å². The Labute approximate surface area is 115 Å². The van der Waals surface area contributed by atoms with Crippen molar-refractivity contribution in [1.82, 2.24) is 0 Å². The molecule has 0 fully saturated rings. The van der Waals surface area contributed by atoms with Gasteiger partial charge in [0.2, 0.25) is 5.91 Å². The van der Waals surface area contributed by atoms with E-state index in [-0.39, 0.29) is 11.6 Å². The lowest BCUT2D eigenvalue weighted by atomic mass is 10.2. The van der Waals surface area contributed by atoms with Gasteiger partial charge in [0.25, 0.3) is 5.69 Å². The maximum atomic E-state index is 11.7. The van der Waals surface area contributed by atoms with Crippen LogP contribution in [0, 0.1) is 10.1 Å². The second kappa shape index (κ2) is 6.29. The highest BCUT2D eigenvalue weighted by Gasteiger charge is 2.06. The number of amides is 1. The number of nitrogens with zero attached hydrogens (tertiary/aromatic N) is 1. The van der Waals surface area contributed by atoms with Crippen LogP contribution in [-0.4, -0.2) is 10.8 Å². The van der Waals surface area contributed by atoms with E-state index in [4.69, 9.17) is 0 Å². The number of rotatable bonds is 4. The number of nitro groups is 1. The van der Waals surface area contributed by atoms with Gasteiger partial charge in [-0.25, -0.2) is 0 Å². The Morgan fingerprint density at radius 2 is 1.85 bits per heavy atom. The molecule has 0 heterocycles. The molecule has 0 saturated heterocycles. The van der Waals surface area contributed by atoms with Crippen molar-refractivity contribution in [3.8, 4) is 0 Å². The van der Waals surface area contributed by atoms with Crippen LogP contribution in [0.3, 0.4) is 0 Å². The highest BCUT2D eigenvalue weighted by molar-refractivity contribution is 6.02. The van der Waals surface area contributed by atoms with E-state index in [1.807, 2.05) is 30.3 Å². The third kappa shape index (κ3) is 3.78. The summed E-state index contributed by atoms with van der Waals surface area (Å²) in [5.74, 6) is -0.339. The molecule has 1 amide bonds. The first kappa shape index (κ1) is 13.5. The van der Waals surface area contributed by atoms with Gasteiger partial charge in [-0.05, 0) is 17.7 Å². The summed E-state index contributed by atoms with van der Waals surface area (Å²) in [5.41, 5.74) is 1.23. The molecule has 0 radical (unpaired) electrons. The van der Waals surface area contributed by atoms with Crippen molar-refractivity contribution in [2.24, 2.45) is 0 Å². The first-order valence-electron chi connectivity index (χ1n) is 5.94. The molecule has 0 unspecified atom stereocenters. The van der Waals surface area contributed by atoms with Gasteiger partial charge in [0, 0.05) is 23.9 Å². The molecular formula is C15H12N2O3.